The Balaban J connectivity index is 2.03. The Morgan fingerprint density at radius 2 is 1.88 bits per heavy atom. The van der Waals surface area contributed by atoms with E-state index in [9.17, 15) is 19.7 Å². The fourth-order valence-electron chi connectivity index (χ4n) is 2.65. The standard InChI is InChI=1S/C23H28N4O6/c1-16-10-11-18(12-20(16)27(30)31)13-24-26-21(28)19(25-22(29)33-23(2,3)4)15-32-14-17-8-6-5-7-9-17/h5-13,19H,14-15H2,1-4H3,(H,25,29)(H,26,28)/b24-13-/t19-/m0/s1. The van der Waals surface area contributed by atoms with Crippen LogP contribution in [0.2, 0.25) is 0 Å². The van der Waals surface area contributed by atoms with Crippen LogP contribution < -0.4 is 10.7 Å². The van der Waals surface area contributed by atoms with Gasteiger partial charge in [-0.05, 0) is 33.3 Å². The second kappa shape index (κ2) is 11.7. The molecular formula is C23H28N4O6. The monoisotopic (exact) mass is 456 g/mol. The van der Waals surface area contributed by atoms with Gasteiger partial charge in [-0.15, -0.1) is 0 Å². The minimum absolute atomic E-state index is 0.0518. The van der Waals surface area contributed by atoms with Gasteiger partial charge >= 0.3 is 6.09 Å². The normalized spacial score (nSPS) is 12.2. The van der Waals surface area contributed by atoms with Gasteiger partial charge in [-0.1, -0.05) is 42.5 Å². The summed E-state index contributed by atoms with van der Waals surface area (Å²) in [6.07, 6.45) is 0.504. The van der Waals surface area contributed by atoms with Crippen molar-refractivity contribution in [1.82, 2.24) is 10.7 Å². The predicted molar refractivity (Wildman–Crippen MR) is 123 cm³/mol. The van der Waals surface area contributed by atoms with Crippen LogP contribution >= 0.6 is 0 Å². The van der Waals surface area contributed by atoms with E-state index in [2.05, 4.69) is 15.8 Å². The molecule has 0 saturated heterocycles. The lowest BCUT2D eigenvalue weighted by atomic mass is 10.1. The molecule has 1 atom stereocenters. The van der Waals surface area contributed by atoms with Crippen LogP contribution in [0.15, 0.2) is 53.6 Å². The summed E-state index contributed by atoms with van der Waals surface area (Å²) < 4.78 is 10.8. The molecule has 176 valence electrons. The number of nitro benzene ring substituents is 1. The molecule has 0 aliphatic rings. The van der Waals surface area contributed by atoms with Crippen LogP contribution in [0.4, 0.5) is 10.5 Å². The Bertz CT molecular complexity index is 1000. The molecule has 10 heteroatoms. The number of carbonyl (C=O) groups excluding carboxylic acids is 2. The molecule has 2 N–H and O–H groups in total. The zero-order valence-electron chi connectivity index (χ0n) is 19.0. The molecule has 2 aromatic rings. The van der Waals surface area contributed by atoms with Crippen LogP contribution in [0.5, 0.6) is 0 Å². The number of hydrogen-bond donors (Lipinski definition) is 2. The lowest BCUT2D eigenvalue weighted by molar-refractivity contribution is -0.385. The molecule has 10 nitrogen and oxygen atoms in total. The molecule has 0 aromatic heterocycles. The fraction of sp³-hybridized carbons (Fsp3) is 0.348. The third-order valence-electron chi connectivity index (χ3n) is 4.22. The summed E-state index contributed by atoms with van der Waals surface area (Å²) in [6, 6.07) is 12.9. The predicted octanol–water partition coefficient (Wildman–Crippen LogP) is 3.46. The van der Waals surface area contributed by atoms with Crippen molar-refractivity contribution in [1.29, 1.82) is 0 Å². The Hall–Kier alpha value is -3.79. The van der Waals surface area contributed by atoms with Gasteiger partial charge in [0.25, 0.3) is 11.6 Å². The molecule has 0 spiro atoms. The van der Waals surface area contributed by atoms with Gasteiger partial charge in [0.1, 0.15) is 11.6 Å². The molecular weight excluding hydrogens is 428 g/mol. The lowest BCUT2D eigenvalue weighted by Gasteiger charge is -2.22. The number of nitrogens with one attached hydrogen (secondary N) is 2. The average molecular weight is 456 g/mol. The number of alkyl carbamates (subject to hydrolysis) is 1. The number of benzene rings is 2. The molecule has 2 rings (SSSR count). The quantitative estimate of drug-likeness (QED) is 0.337. The fourth-order valence-corrected chi connectivity index (χ4v) is 2.65. The summed E-state index contributed by atoms with van der Waals surface area (Å²) in [5.41, 5.74) is 3.39. The first kappa shape index (κ1) is 25.5. The summed E-state index contributed by atoms with van der Waals surface area (Å²) in [7, 11) is 0. The molecule has 0 fully saturated rings. The Labute approximate surface area is 192 Å². The Morgan fingerprint density at radius 3 is 2.52 bits per heavy atom. The second-order valence-electron chi connectivity index (χ2n) is 8.24. The minimum Gasteiger partial charge on any atom is -0.444 e. The third-order valence-corrected chi connectivity index (χ3v) is 4.22. The third kappa shape index (κ3) is 9.08. The second-order valence-corrected chi connectivity index (χ2v) is 8.24. The van der Waals surface area contributed by atoms with E-state index < -0.39 is 28.6 Å². The number of ether oxygens (including phenoxy) is 2. The molecule has 0 aliphatic heterocycles. The topological polar surface area (TPSA) is 132 Å². The van der Waals surface area contributed by atoms with E-state index in [4.69, 9.17) is 9.47 Å². The number of hydrazone groups is 1. The highest BCUT2D eigenvalue weighted by molar-refractivity contribution is 5.87. The van der Waals surface area contributed by atoms with E-state index in [1.807, 2.05) is 30.3 Å². The molecule has 0 saturated carbocycles. The molecule has 0 bridgehead atoms. The largest absolute Gasteiger partial charge is 0.444 e. The molecule has 0 heterocycles. The van der Waals surface area contributed by atoms with Crippen LogP contribution in [0, 0.1) is 17.0 Å². The smallest absolute Gasteiger partial charge is 0.408 e. The number of hydrogen-bond acceptors (Lipinski definition) is 7. The Kier molecular flexibility index (Phi) is 9.05. The van der Waals surface area contributed by atoms with E-state index in [1.165, 1.54) is 12.3 Å². The maximum atomic E-state index is 12.6. The van der Waals surface area contributed by atoms with Crippen LogP contribution in [0.3, 0.4) is 0 Å². The van der Waals surface area contributed by atoms with Crippen LogP contribution in [-0.4, -0.2) is 41.4 Å². The van der Waals surface area contributed by atoms with Crippen molar-refractivity contribution in [2.24, 2.45) is 5.10 Å². The van der Waals surface area contributed by atoms with E-state index >= 15 is 0 Å². The maximum absolute atomic E-state index is 12.6. The molecule has 2 aromatic carbocycles. The first-order chi connectivity index (χ1) is 15.5. The number of rotatable bonds is 9. The number of aryl methyl sites for hydroxylation is 1. The van der Waals surface area contributed by atoms with Crippen molar-refractivity contribution in [3.63, 3.8) is 0 Å². The zero-order valence-corrected chi connectivity index (χ0v) is 19.0. The minimum atomic E-state index is -1.08. The van der Waals surface area contributed by atoms with Crippen LogP contribution in [0.1, 0.15) is 37.5 Å². The van der Waals surface area contributed by atoms with Crippen molar-refractivity contribution >= 4 is 23.9 Å². The number of amides is 2. The molecule has 0 radical (unpaired) electrons. The van der Waals surface area contributed by atoms with Gasteiger partial charge in [-0.2, -0.15) is 5.10 Å². The van der Waals surface area contributed by atoms with Crippen LogP contribution in [-0.2, 0) is 20.9 Å². The number of carbonyl (C=O) groups is 2. The first-order valence-electron chi connectivity index (χ1n) is 10.2. The summed E-state index contributed by atoms with van der Waals surface area (Å²) in [5, 5.41) is 17.4. The number of nitro groups is 1. The van der Waals surface area contributed by atoms with Crippen molar-refractivity contribution in [3.8, 4) is 0 Å². The lowest BCUT2D eigenvalue weighted by Crippen LogP contribution is -2.49. The van der Waals surface area contributed by atoms with Gasteiger partial charge in [0, 0.05) is 17.2 Å². The van der Waals surface area contributed by atoms with Crippen LogP contribution in [0.25, 0.3) is 0 Å². The summed E-state index contributed by atoms with van der Waals surface area (Å²) >= 11 is 0. The van der Waals surface area contributed by atoms with E-state index in [0.717, 1.165) is 5.56 Å². The van der Waals surface area contributed by atoms with Gasteiger partial charge in [0.15, 0.2) is 0 Å². The highest BCUT2D eigenvalue weighted by atomic mass is 16.6. The summed E-state index contributed by atoms with van der Waals surface area (Å²) in [4.78, 5) is 35.4. The SMILES string of the molecule is Cc1ccc(/C=N\NC(=O)[C@H](COCc2ccccc2)NC(=O)OC(C)(C)C)cc1[N+](=O)[O-]. The average Bonchev–Trinajstić information content (AvgIpc) is 2.73. The van der Waals surface area contributed by atoms with Gasteiger partial charge in [0.2, 0.25) is 0 Å². The van der Waals surface area contributed by atoms with Crippen molar-refractivity contribution < 1.29 is 24.0 Å². The van der Waals surface area contributed by atoms with Crippen molar-refractivity contribution in [2.75, 3.05) is 6.61 Å². The zero-order chi connectivity index (χ0) is 24.4. The van der Waals surface area contributed by atoms with Gasteiger partial charge in [0.05, 0.1) is 24.4 Å². The van der Waals surface area contributed by atoms with Gasteiger partial charge < -0.3 is 14.8 Å². The van der Waals surface area contributed by atoms with E-state index in [0.29, 0.717) is 11.1 Å². The molecule has 0 unspecified atom stereocenters. The van der Waals surface area contributed by atoms with E-state index in [-0.39, 0.29) is 18.9 Å². The van der Waals surface area contributed by atoms with Crippen molar-refractivity contribution in [2.45, 2.75) is 45.9 Å². The highest BCUT2D eigenvalue weighted by Crippen LogP contribution is 2.18. The van der Waals surface area contributed by atoms with Gasteiger partial charge in [-0.3, -0.25) is 14.9 Å². The highest BCUT2D eigenvalue weighted by Gasteiger charge is 2.24. The molecule has 33 heavy (non-hydrogen) atoms. The van der Waals surface area contributed by atoms with Gasteiger partial charge in [-0.25, -0.2) is 10.2 Å². The van der Waals surface area contributed by atoms with E-state index in [1.54, 1.807) is 39.8 Å². The summed E-state index contributed by atoms with van der Waals surface area (Å²) in [5.74, 6) is -0.633. The molecule has 2 amide bonds. The maximum Gasteiger partial charge on any atom is 0.408 e. The first-order valence-corrected chi connectivity index (χ1v) is 10.2. The van der Waals surface area contributed by atoms with Crippen molar-refractivity contribution in [3.05, 3.63) is 75.3 Å². The number of nitrogens with zero attached hydrogens (tertiary/aromatic N) is 2. The molecule has 0 aliphatic carbocycles. The summed E-state index contributed by atoms with van der Waals surface area (Å²) in [6.45, 7) is 6.88. The Morgan fingerprint density at radius 1 is 1.18 bits per heavy atom.